The lowest BCUT2D eigenvalue weighted by molar-refractivity contribution is -0.135. The van der Waals surface area contributed by atoms with E-state index in [4.69, 9.17) is 5.11 Å². The SMILES string of the molecule is C/C(=C\[C@H](C(C)C)N(C)C(=O)CNC=O)C(=O)N1CCC[C@H]1C(=O)NCCO.CC(C)C.CC(C)C.CC(C)N1CCCCC1. The highest BCUT2D eigenvalue weighted by Gasteiger charge is 2.34. The molecule has 0 aromatic rings. The van der Waals surface area contributed by atoms with Crippen molar-refractivity contribution >= 4 is 24.1 Å². The van der Waals surface area contributed by atoms with Crippen molar-refractivity contribution in [3.05, 3.63) is 11.6 Å². The van der Waals surface area contributed by atoms with Gasteiger partial charge in [0.15, 0.2) is 0 Å². The van der Waals surface area contributed by atoms with Gasteiger partial charge in [-0.25, -0.2) is 0 Å². The van der Waals surface area contributed by atoms with Crippen LogP contribution in [0, 0.1) is 17.8 Å². The molecule has 2 rings (SSSR count). The fourth-order valence-electron chi connectivity index (χ4n) is 4.74. The monoisotopic (exact) mass is 640 g/mol. The number of nitrogens with zero attached hydrogens (tertiary/aromatic N) is 3. The maximum Gasteiger partial charge on any atom is 0.249 e. The van der Waals surface area contributed by atoms with Crippen molar-refractivity contribution in [2.24, 2.45) is 17.8 Å². The van der Waals surface area contributed by atoms with Gasteiger partial charge in [0.2, 0.25) is 24.1 Å². The highest BCUT2D eigenvalue weighted by Crippen LogP contribution is 2.21. The Hall–Kier alpha value is -2.46. The first-order chi connectivity index (χ1) is 21.0. The van der Waals surface area contributed by atoms with Crippen molar-refractivity contribution < 1.29 is 24.3 Å². The number of amides is 4. The van der Waals surface area contributed by atoms with Gasteiger partial charge in [-0.1, -0.05) is 67.9 Å². The predicted molar refractivity (Wildman–Crippen MR) is 186 cm³/mol. The first-order valence-electron chi connectivity index (χ1n) is 17.1. The van der Waals surface area contributed by atoms with E-state index in [0.29, 0.717) is 24.9 Å². The van der Waals surface area contributed by atoms with Crippen LogP contribution in [0.25, 0.3) is 0 Å². The predicted octanol–water partition coefficient (Wildman–Crippen LogP) is 4.47. The number of aliphatic hydroxyl groups excluding tert-OH is 1. The first kappa shape index (κ1) is 44.7. The summed E-state index contributed by atoms with van der Waals surface area (Å²) in [6.07, 6.45) is 7.81. The number of hydrogen-bond donors (Lipinski definition) is 3. The van der Waals surface area contributed by atoms with E-state index in [2.05, 4.69) is 70.9 Å². The Kier molecular flexibility index (Phi) is 25.5. The summed E-state index contributed by atoms with van der Waals surface area (Å²) in [5, 5.41) is 13.8. The maximum absolute atomic E-state index is 12.9. The van der Waals surface area contributed by atoms with Crippen molar-refractivity contribution in [1.29, 1.82) is 0 Å². The zero-order valence-electron chi connectivity index (χ0n) is 30.8. The molecular weight excluding hydrogens is 570 g/mol. The second kappa shape index (κ2) is 25.7. The standard InChI is InChI=1S/C19H32N4O5.C8H17N.2C4H10/c1-13(2)16(22(4)17(26)11-20-12-25)10-14(3)19(28)23-8-5-6-15(23)18(27)21-7-9-24;1-8(2)9-6-4-3-5-7-9;2*1-4(2)3/h10,12-13,15-16,24H,5-9,11H2,1-4H3,(H,20,25)(H,21,27);8H,3-7H2,1-2H3;2*4H,1-3H3/b14-10+;;;/t15-,16+;;;/m0.../s1. The highest BCUT2D eigenvalue weighted by atomic mass is 16.3. The van der Waals surface area contributed by atoms with Crippen molar-refractivity contribution in [1.82, 2.24) is 25.3 Å². The fourth-order valence-corrected chi connectivity index (χ4v) is 4.74. The Balaban J connectivity index is 0. The van der Waals surface area contributed by atoms with Crippen LogP contribution < -0.4 is 10.6 Å². The van der Waals surface area contributed by atoms with Gasteiger partial charge in [0, 0.05) is 31.8 Å². The van der Waals surface area contributed by atoms with Crippen molar-refractivity contribution in [3.8, 4) is 0 Å². The molecule has 0 aromatic heterocycles. The van der Waals surface area contributed by atoms with Crippen LogP contribution in [0.2, 0.25) is 0 Å². The Morgan fingerprint density at radius 3 is 1.84 bits per heavy atom. The lowest BCUT2D eigenvalue weighted by atomic mass is 9.99. The molecule has 2 atom stereocenters. The minimum absolute atomic E-state index is 0.0511. The molecule has 2 fully saturated rings. The molecule has 2 aliphatic rings. The van der Waals surface area contributed by atoms with Crippen LogP contribution in [0.4, 0.5) is 0 Å². The third-order valence-corrected chi connectivity index (χ3v) is 6.97. The maximum atomic E-state index is 12.9. The molecule has 0 radical (unpaired) electrons. The van der Waals surface area contributed by atoms with Crippen molar-refractivity contribution in [3.63, 3.8) is 0 Å². The van der Waals surface area contributed by atoms with Gasteiger partial charge in [-0.05, 0) is 77.3 Å². The molecule has 264 valence electrons. The molecule has 0 aliphatic carbocycles. The van der Waals surface area contributed by atoms with Gasteiger partial charge < -0.3 is 30.4 Å². The fraction of sp³-hybridized carbons (Fsp3) is 0.829. The largest absolute Gasteiger partial charge is 0.395 e. The van der Waals surface area contributed by atoms with Gasteiger partial charge in [-0.3, -0.25) is 19.2 Å². The zero-order chi connectivity index (χ0) is 35.1. The van der Waals surface area contributed by atoms with E-state index < -0.39 is 6.04 Å². The number of rotatable bonds is 11. The van der Waals surface area contributed by atoms with E-state index >= 15 is 0 Å². The number of likely N-dealkylation sites (N-methyl/N-ethyl adjacent to an activating group) is 1. The summed E-state index contributed by atoms with van der Waals surface area (Å²) in [6.45, 7) is 26.2. The van der Waals surface area contributed by atoms with E-state index in [1.54, 1.807) is 24.9 Å². The summed E-state index contributed by atoms with van der Waals surface area (Å²) >= 11 is 0. The van der Waals surface area contributed by atoms with Crippen LogP contribution in [0.5, 0.6) is 0 Å². The average Bonchev–Trinajstić information content (AvgIpc) is 3.46. The van der Waals surface area contributed by atoms with Crippen molar-refractivity contribution in [2.45, 2.75) is 126 Å². The Morgan fingerprint density at radius 1 is 0.889 bits per heavy atom. The molecule has 0 unspecified atom stereocenters. The first-order valence-corrected chi connectivity index (χ1v) is 17.1. The smallest absolute Gasteiger partial charge is 0.249 e. The molecular formula is C35H69N5O5. The minimum Gasteiger partial charge on any atom is -0.395 e. The summed E-state index contributed by atoms with van der Waals surface area (Å²) in [6, 6.07) is -0.101. The summed E-state index contributed by atoms with van der Waals surface area (Å²) < 4.78 is 0. The number of aliphatic hydroxyl groups is 1. The second-order valence-electron chi connectivity index (χ2n) is 13.9. The number of nitrogens with one attached hydrogen (secondary N) is 2. The van der Waals surface area contributed by atoms with E-state index in [-0.39, 0.29) is 49.4 Å². The molecule has 2 aliphatic heterocycles. The second-order valence-corrected chi connectivity index (χ2v) is 13.9. The van der Waals surface area contributed by atoms with Crippen molar-refractivity contribution in [2.75, 3.05) is 46.4 Å². The van der Waals surface area contributed by atoms with E-state index in [1.165, 1.54) is 37.3 Å². The minimum atomic E-state index is -0.545. The normalized spacial score (nSPS) is 17.4. The van der Waals surface area contributed by atoms with E-state index in [9.17, 15) is 19.2 Å². The number of hydrogen-bond acceptors (Lipinski definition) is 6. The number of piperidine rings is 1. The number of likely N-dealkylation sites (tertiary alicyclic amines) is 2. The van der Waals surface area contributed by atoms with Crippen LogP contribution in [-0.2, 0) is 19.2 Å². The molecule has 0 saturated carbocycles. The van der Waals surface area contributed by atoms with Crippen LogP contribution in [0.1, 0.15) is 108 Å². The Labute approximate surface area is 275 Å². The molecule has 10 heteroatoms. The van der Waals surface area contributed by atoms with Gasteiger partial charge in [0.25, 0.3) is 0 Å². The van der Waals surface area contributed by atoms with Gasteiger partial charge in [-0.15, -0.1) is 0 Å². The quantitative estimate of drug-likeness (QED) is 0.227. The van der Waals surface area contributed by atoms with Gasteiger partial charge >= 0.3 is 0 Å². The summed E-state index contributed by atoms with van der Waals surface area (Å²) in [4.78, 5) is 53.4. The molecule has 0 aromatic carbocycles. The zero-order valence-corrected chi connectivity index (χ0v) is 30.8. The number of carbonyl (C=O) groups is 4. The highest BCUT2D eigenvalue weighted by molar-refractivity contribution is 5.97. The molecule has 0 spiro atoms. The lowest BCUT2D eigenvalue weighted by Crippen LogP contribution is -2.47. The third-order valence-electron chi connectivity index (χ3n) is 6.97. The summed E-state index contributed by atoms with van der Waals surface area (Å²) in [5.74, 6) is 0.958. The number of carbonyl (C=O) groups excluding carboxylic acids is 4. The van der Waals surface area contributed by atoms with Gasteiger partial charge in [0.1, 0.15) is 6.04 Å². The summed E-state index contributed by atoms with van der Waals surface area (Å²) in [5.41, 5.74) is 0.462. The molecule has 3 N–H and O–H groups in total. The van der Waals surface area contributed by atoms with E-state index in [1.807, 2.05) is 13.8 Å². The lowest BCUT2D eigenvalue weighted by Gasteiger charge is -2.30. The molecule has 45 heavy (non-hydrogen) atoms. The average molecular weight is 640 g/mol. The van der Waals surface area contributed by atoms with Gasteiger partial charge in [-0.2, -0.15) is 0 Å². The Bertz CT molecular complexity index is 842. The van der Waals surface area contributed by atoms with Crippen LogP contribution in [0.15, 0.2) is 11.6 Å². The van der Waals surface area contributed by atoms with Gasteiger partial charge in [0.05, 0.1) is 19.2 Å². The topological polar surface area (TPSA) is 122 Å². The van der Waals surface area contributed by atoms with Crippen LogP contribution in [-0.4, -0.2) is 108 Å². The van der Waals surface area contributed by atoms with E-state index in [0.717, 1.165) is 24.3 Å². The summed E-state index contributed by atoms with van der Waals surface area (Å²) in [7, 11) is 1.63. The molecule has 4 amide bonds. The molecule has 0 bridgehead atoms. The Morgan fingerprint density at radius 2 is 1.42 bits per heavy atom. The van der Waals surface area contributed by atoms with Crippen LogP contribution >= 0.6 is 0 Å². The third kappa shape index (κ3) is 21.1. The van der Waals surface area contributed by atoms with Crippen LogP contribution in [0.3, 0.4) is 0 Å². The molecule has 2 heterocycles. The molecule has 2 saturated heterocycles. The molecule has 10 nitrogen and oxygen atoms in total.